The average Bonchev–Trinajstić information content (AvgIpc) is 2.83. The van der Waals surface area contributed by atoms with Crippen LogP contribution in [0, 0.1) is 6.92 Å². The van der Waals surface area contributed by atoms with E-state index in [1.165, 1.54) is 0 Å². The third-order valence-electron chi connectivity index (χ3n) is 3.69. The average molecular weight is 296 g/mol. The number of ether oxygens (including phenoxy) is 1. The number of carbonyl (C=O) groups is 1. The minimum absolute atomic E-state index is 0.267. The standard InChI is InChI=1S/C17H16N2O3/c1-11-18-15-8-5-13(17(20)21)9-16(15)19(11)10-12-3-6-14(22-2)7-4-12/h3-9H,10H2,1-2H3,(H,20,21). The van der Waals surface area contributed by atoms with E-state index in [-0.39, 0.29) is 5.56 Å². The van der Waals surface area contributed by atoms with Crippen LogP contribution >= 0.6 is 0 Å². The van der Waals surface area contributed by atoms with Gasteiger partial charge in [0.1, 0.15) is 11.6 Å². The van der Waals surface area contributed by atoms with E-state index in [0.717, 1.165) is 28.2 Å². The Morgan fingerprint density at radius 1 is 1.23 bits per heavy atom. The number of carboxylic acid groups (broad SMARTS) is 1. The zero-order valence-electron chi connectivity index (χ0n) is 12.4. The lowest BCUT2D eigenvalue weighted by Crippen LogP contribution is -2.03. The van der Waals surface area contributed by atoms with Crippen LogP contribution in [0.4, 0.5) is 0 Å². The number of methoxy groups -OCH3 is 1. The molecule has 22 heavy (non-hydrogen) atoms. The summed E-state index contributed by atoms with van der Waals surface area (Å²) in [5, 5.41) is 9.15. The second-order valence-corrected chi connectivity index (χ2v) is 5.10. The number of fused-ring (bicyclic) bond motifs is 1. The highest BCUT2D eigenvalue weighted by Gasteiger charge is 2.11. The van der Waals surface area contributed by atoms with Gasteiger partial charge in [0.05, 0.1) is 23.7 Å². The molecule has 112 valence electrons. The highest BCUT2D eigenvalue weighted by atomic mass is 16.5. The minimum Gasteiger partial charge on any atom is -0.497 e. The molecule has 1 heterocycles. The van der Waals surface area contributed by atoms with Gasteiger partial charge in [-0.1, -0.05) is 12.1 Å². The Hall–Kier alpha value is -2.82. The van der Waals surface area contributed by atoms with Crippen molar-refractivity contribution in [2.75, 3.05) is 7.11 Å². The number of nitrogens with zero attached hydrogens (tertiary/aromatic N) is 2. The van der Waals surface area contributed by atoms with Crippen LogP contribution < -0.4 is 4.74 Å². The molecule has 0 saturated heterocycles. The zero-order valence-corrected chi connectivity index (χ0v) is 12.4. The number of aromatic nitrogens is 2. The van der Waals surface area contributed by atoms with Gasteiger partial charge >= 0.3 is 5.97 Å². The van der Waals surface area contributed by atoms with Gasteiger partial charge in [-0.05, 0) is 42.8 Å². The Balaban J connectivity index is 2.02. The molecule has 3 rings (SSSR count). The summed E-state index contributed by atoms with van der Waals surface area (Å²) < 4.78 is 7.17. The smallest absolute Gasteiger partial charge is 0.335 e. The van der Waals surface area contributed by atoms with Crippen LogP contribution in [0.15, 0.2) is 42.5 Å². The van der Waals surface area contributed by atoms with Crippen molar-refractivity contribution in [3.05, 3.63) is 59.4 Å². The Bertz CT molecular complexity index is 835. The maximum atomic E-state index is 11.1. The molecule has 0 unspecified atom stereocenters. The normalized spacial score (nSPS) is 10.8. The molecular formula is C17H16N2O3. The van der Waals surface area contributed by atoms with Gasteiger partial charge in [0.15, 0.2) is 0 Å². The van der Waals surface area contributed by atoms with Gasteiger partial charge < -0.3 is 14.4 Å². The number of aromatic carboxylic acids is 1. The lowest BCUT2D eigenvalue weighted by molar-refractivity contribution is 0.0697. The van der Waals surface area contributed by atoms with Gasteiger partial charge in [0, 0.05) is 6.54 Å². The van der Waals surface area contributed by atoms with Crippen LogP contribution in [0.3, 0.4) is 0 Å². The lowest BCUT2D eigenvalue weighted by Gasteiger charge is -2.08. The molecule has 0 aliphatic rings. The van der Waals surface area contributed by atoms with Gasteiger partial charge in [-0.3, -0.25) is 0 Å². The summed E-state index contributed by atoms with van der Waals surface area (Å²) in [6.45, 7) is 2.55. The van der Waals surface area contributed by atoms with Crippen LogP contribution in [0.2, 0.25) is 0 Å². The predicted molar refractivity (Wildman–Crippen MR) is 83.5 cm³/mol. The molecule has 5 heteroatoms. The van der Waals surface area contributed by atoms with Gasteiger partial charge in [-0.15, -0.1) is 0 Å². The quantitative estimate of drug-likeness (QED) is 0.803. The van der Waals surface area contributed by atoms with E-state index >= 15 is 0 Å². The van der Waals surface area contributed by atoms with Crippen molar-refractivity contribution in [2.24, 2.45) is 0 Å². The van der Waals surface area contributed by atoms with E-state index in [1.807, 2.05) is 35.8 Å². The fourth-order valence-corrected chi connectivity index (χ4v) is 2.49. The van der Waals surface area contributed by atoms with Gasteiger partial charge in [0.2, 0.25) is 0 Å². The maximum absolute atomic E-state index is 11.1. The minimum atomic E-state index is -0.934. The van der Waals surface area contributed by atoms with Crippen LogP contribution in [-0.2, 0) is 6.54 Å². The second kappa shape index (κ2) is 5.52. The van der Waals surface area contributed by atoms with E-state index in [2.05, 4.69) is 4.98 Å². The summed E-state index contributed by atoms with van der Waals surface area (Å²) in [4.78, 5) is 15.6. The number of benzene rings is 2. The molecule has 0 saturated carbocycles. The SMILES string of the molecule is COc1ccc(Cn2c(C)nc3ccc(C(=O)O)cc32)cc1. The summed E-state index contributed by atoms with van der Waals surface area (Å²) in [7, 11) is 1.63. The molecule has 0 aliphatic carbocycles. The van der Waals surface area contributed by atoms with Gasteiger partial charge in [0.25, 0.3) is 0 Å². The highest BCUT2D eigenvalue weighted by molar-refractivity contribution is 5.92. The Morgan fingerprint density at radius 3 is 2.59 bits per heavy atom. The first-order valence-corrected chi connectivity index (χ1v) is 6.91. The van der Waals surface area contributed by atoms with E-state index in [0.29, 0.717) is 6.54 Å². The fourth-order valence-electron chi connectivity index (χ4n) is 2.49. The van der Waals surface area contributed by atoms with Crippen molar-refractivity contribution >= 4 is 17.0 Å². The monoisotopic (exact) mass is 296 g/mol. The van der Waals surface area contributed by atoms with Crippen LogP contribution in [0.1, 0.15) is 21.7 Å². The van der Waals surface area contributed by atoms with E-state index in [4.69, 9.17) is 9.84 Å². The molecule has 0 radical (unpaired) electrons. The third kappa shape index (κ3) is 2.53. The van der Waals surface area contributed by atoms with Crippen LogP contribution in [0.25, 0.3) is 11.0 Å². The molecule has 1 N–H and O–H groups in total. The maximum Gasteiger partial charge on any atom is 0.335 e. The Morgan fingerprint density at radius 2 is 1.95 bits per heavy atom. The van der Waals surface area contributed by atoms with Crippen molar-refractivity contribution in [2.45, 2.75) is 13.5 Å². The van der Waals surface area contributed by atoms with E-state index in [9.17, 15) is 4.79 Å². The van der Waals surface area contributed by atoms with Gasteiger partial charge in [-0.25, -0.2) is 9.78 Å². The van der Waals surface area contributed by atoms with E-state index in [1.54, 1.807) is 25.3 Å². The topological polar surface area (TPSA) is 64.4 Å². The van der Waals surface area contributed by atoms with Crippen molar-refractivity contribution in [1.29, 1.82) is 0 Å². The molecule has 0 amide bonds. The lowest BCUT2D eigenvalue weighted by atomic mass is 10.2. The van der Waals surface area contributed by atoms with Crippen molar-refractivity contribution in [1.82, 2.24) is 9.55 Å². The summed E-state index contributed by atoms with van der Waals surface area (Å²) in [5.74, 6) is 0.731. The first-order valence-electron chi connectivity index (χ1n) is 6.91. The summed E-state index contributed by atoms with van der Waals surface area (Å²) in [6, 6.07) is 12.8. The van der Waals surface area contributed by atoms with Crippen molar-refractivity contribution < 1.29 is 14.6 Å². The molecule has 0 atom stereocenters. The summed E-state index contributed by atoms with van der Waals surface area (Å²) >= 11 is 0. The first kappa shape index (κ1) is 14.1. The van der Waals surface area contributed by atoms with Crippen LogP contribution in [0.5, 0.6) is 5.75 Å². The number of rotatable bonds is 4. The summed E-state index contributed by atoms with van der Waals surface area (Å²) in [5.41, 5.74) is 3.00. The molecule has 5 nitrogen and oxygen atoms in total. The molecule has 0 spiro atoms. The molecule has 0 bridgehead atoms. The Kier molecular flexibility index (Phi) is 3.55. The summed E-state index contributed by atoms with van der Waals surface area (Å²) in [6.07, 6.45) is 0. The van der Waals surface area contributed by atoms with Crippen LogP contribution in [-0.4, -0.2) is 27.7 Å². The molecule has 3 aromatic rings. The number of aryl methyl sites for hydroxylation is 1. The number of imidazole rings is 1. The third-order valence-corrected chi connectivity index (χ3v) is 3.69. The number of carboxylic acids is 1. The zero-order chi connectivity index (χ0) is 15.7. The molecule has 0 aliphatic heterocycles. The first-order chi connectivity index (χ1) is 10.6. The predicted octanol–water partition coefficient (Wildman–Crippen LogP) is 3.10. The van der Waals surface area contributed by atoms with Gasteiger partial charge in [-0.2, -0.15) is 0 Å². The second-order valence-electron chi connectivity index (χ2n) is 5.10. The van der Waals surface area contributed by atoms with E-state index < -0.39 is 5.97 Å². The largest absolute Gasteiger partial charge is 0.497 e. The molecule has 1 aromatic heterocycles. The highest BCUT2D eigenvalue weighted by Crippen LogP contribution is 2.20. The Labute approximate surface area is 127 Å². The number of hydrogen-bond donors (Lipinski definition) is 1. The van der Waals surface area contributed by atoms with Crippen molar-refractivity contribution in [3.63, 3.8) is 0 Å². The fraction of sp³-hybridized carbons (Fsp3) is 0.176. The van der Waals surface area contributed by atoms with Crippen molar-refractivity contribution in [3.8, 4) is 5.75 Å². The molecule has 2 aromatic carbocycles. The molecule has 0 fully saturated rings. The molecular weight excluding hydrogens is 280 g/mol. The number of hydrogen-bond acceptors (Lipinski definition) is 3.